The number of hydrogen-bond acceptors (Lipinski definition) is 3. The molecular weight excluding hydrogens is 228 g/mol. The molecule has 5 heteroatoms. The van der Waals surface area contributed by atoms with Crippen LogP contribution >= 0.6 is 0 Å². The number of hydrogen-bond donors (Lipinski definition) is 1. The summed E-state index contributed by atoms with van der Waals surface area (Å²) in [6.07, 6.45) is 5.55. The summed E-state index contributed by atoms with van der Waals surface area (Å²) in [4.78, 5) is 17.8. The van der Waals surface area contributed by atoms with Crippen LogP contribution in [0.4, 0.5) is 0 Å². The van der Waals surface area contributed by atoms with Crippen molar-refractivity contribution in [1.82, 2.24) is 20.1 Å². The second-order valence-electron chi connectivity index (χ2n) is 4.31. The third-order valence-electron chi connectivity index (χ3n) is 2.88. The van der Waals surface area contributed by atoms with Crippen LogP contribution in [-0.4, -0.2) is 33.0 Å². The molecule has 0 bridgehead atoms. The van der Waals surface area contributed by atoms with Gasteiger partial charge in [-0.15, -0.1) is 0 Å². The molecular formula is C13H16N4O. The molecule has 5 nitrogen and oxygen atoms in total. The average molecular weight is 244 g/mol. The van der Waals surface area contributed by atoms with Crippen molar-refractivity contribution in [3.63, 3.8) is 0 Å². The molecule has 94 valence electrons. The number of nitrogens with one attached hydrogen (secondary N) is 1. The monoisotopic (exact) mass is 244 g/mol. The number of aromatic amines is 1. The van der Waals surface area contributed by atoms with E-state index in [0.29, 0.717) is 13.0 Å². The number of rotatable bonds is 4. The lowest BCUT2D eigenvalue weighted by Gasteiger charge is -2.17. The van der Waals surface area contributed by atoms with Crippen LogP contribution in [0, 0.1) is 6.92 Å². The van der Waals surface area contributed by atoms with Gasteiger partial charge in [0.25, 0.3) is 0 Å². The van der Waals surface area contributed by atoms with Crippen molar-refractivity contribution in [3.05, 3.63) is 47.5 Å². The molecule has 0 aliphatic rings. The number of amides is 1. The van der Waals surface area contributed by atoms with Crippen LogP contribution in [0.25, 0.3) is 0 Å². The summed E-state index contributed by atoms with van der Waals surface area (Å²) in [7, 11) is 1.80. The summed E-state index contributed by atoms with van der Waals surface area (Å²) in [6, 6.07) is 3.75. The molecule has 18 heavy (non-hydrogen) atoms. The van der Waals surface area contributed by atoms with E-state index in [9.17, 15) is 4.79 Å². The molecule has 2 aromatic heterocycles. The van der Waals surface area contributed by atoms with Crippen LogP contribution in [0.15, 0.2) is 30.7 Å². The molecule has 0 atom stereocenters. The first-order valence-corrected chi connectivity index (χ1v) is 5.78. The molecule has 0 saturated heterocycles. The van der Waals surface area contributed by atoms with Gasteiger partial charge in [-0.05, 0) is 30.2 Å². The van der Waals surface area contributed by atoms with E-state index in [0.717, 1.165) is 16.8 Å². The molecule has 1 N–H and O–H groups in total. The Morgan fingerprint density at radius 2 is 2.22 bits per heavy atom. The molecule has 0 spiro atoms. The molecule has 2 rings (SSSR count). The van der Waals surface area contributed by atoms with Crippen molar-refractivity contribution in [2.24, 2.45) is 0 Å². The molecule has 0 aliphatic heterocycles. The first-order valence-electron chi connectivity index (χ1n) is 5.78. The predicted octanol–water partition coefficient (Wildman–Crippen LogP) is 1.31. The molecule has 0 saturated carbocycles. The number of nitrogens with zero attached hydrogens (tertiary/aromatic N) is 3. The van der Waals surface area contributed by atoms with Crippen molar-refractivity contribution >= 4 is 5.91 Å². The van der Waals surface area contributed by atoms with Crippen molar-refractivity contribution in [1.29, 1.82) is 0 Å². The Labute approximate surface area is 106 Å². The van der Waals surface area contributed by atoms with Crippen LogP contribution in [-0.2, 0) is 17.8 Å². The van der Waals surface area contributed by atoms with Gasteiger partial charge in [0.1, 0.15) is 0 Å². The maximum Gasteiger partial charge on any atom is 0.228 e. The fourth-order valence-corrected chi connectivity index (χ4v) is 1.69. The highest BCUT2D eigenvalue weighted by atomic mass is 16.2. The van der Waals surface area contributed by atoms with E-state index in [4.69, 9.17) is 0 Å². The van der Waals surface area contributed by atoms with Crippen LogP contribution in [0.2, 0.25) is 0 Å². The van der Waals surface area contributed by atoms with Gasteiger partial charge in [0.2, 0.25) is 5.91 Å². The lowest BCUT2D eigenvalue weighted by atomic mass is 10.1. The largest absolute Gasteiger partial charge is 0.341 e. The van der Waals surface area contributed by atoms with E-state index < -0.39 is 0 Å². The van der Waals surface area contributed by atoms with Crippen molar-refractivity contribution in [2.45, 2.75) is 19.9 Å². The van der Waals surface area contributed by atoms with Crippen LogP contribution in [0.3, 0.4) is 0 Å². The summed E-state index contributed by atoms with van der Waals surface area (Å²) in [6.45, 7) is 2.59. The lowest BCUT2D eigenvalue weighted by molar-refractivity contribution is -0.129. The minimum atomic E-state index is 0.0579. The summed E-state index contributed by atoms with van der Waals surface area (Å²) in [5.74, 6) is 0.0579. The topological polar surface area (TPSA) is 61.9 Å². The van der Waals surface area contributed by atoms with E-state index >= 15 is 0 Å². The minimum Gasteiger partial charge on any atom is -0.341 e. The van der Waals surface area contributed by atoms with Gasteiger partial charge in [-0.3, -0.25) is 14.9 Å². The summed E-state index contributed by atoms with van der Waals surface area (Å²) in [5, 5.41) is 6.62. The Bertz CT molecular complexity index is 522. The maximum absolute atomic E-state index is 12.0. The number of likely N-dealkylation sites (N-methyl/N-ethyl adjacent to an activating group) is 1. The summed E-state index contributed by atoms with van der Waals surface area (Å²) in [5.41, 5.74) is 3.04. The van der Waals surface area contributed by atoms with Gasteiger partial charge < -0.3 is 4.90 Å². The summed E-state index contributed by atoms with van der Waals surface area (Å²) >= 11 is 0. The first-order chi connectivity index (χ1) is 8.66. The number of carbonyl (C=O) groups excluding carboxylic acids is 1. The van der Waals surface area contributed by atoms with Crippen LogP contribution in [0.5, 0.6) is 0 Å². The molecule has 2 aromatic rings. The average Bonchev–Trinajstić information content (AvgIpc) is 2.84. The highest BCUT2D eigenvalue weighted by molar-refractivity contribution is 5.78. The first kappa shape index (κ1) is 12.3. The highest BCUT2D eigenvalue weighted by Gasteiger charge is 2.11. The van der Waals surface area contributed by atoms with Crippen LogP contribution < -0.4 is 0 Å². The van der Waals surface area contributed by atoms with Crippen molar-refractivity contribution in [2.75, 3.05) is 7.05 Å². The maximum atomic E-state index is 12.0. The molecule has 0 aromatic carbocycles. The van der Waals surface area contributed by atoms with Gasteiger partial charge in [-0.25, -0.2) is 0 Å². The minimum absolute atomic E-state index is 0.0579. The number of carbonyl (C=O) groups is 1. The van der Waals surface area contributed by atoms with E-state index in [-0.39, 0.29) is 5.91 Å². The Hall–Kier alpha value is -2.17. The fraction of sp³-hybridized carbons (Fsp3) is 0.308. The normalized spacial score (nSPS) is 10.3. The van der Waals surface area contributed by atoms with E-state index in [1.54, 1.807) is 36.6 Å². The number of H-pyrrole nitrogens is 1. The smallest absolute Gasteiger partial charge is 0.228 e. The standard InChI is InChI=1S/C13H16N4O/c1-10-3-5-14-8-11(10)9-17(2)13(18)7-12-4-6-15-16-12/h3-6,8H,7,9H2,1-2H3,(H,15,16). The number of aromatic nitrogens is 3. The fourth-order valence-electron chi connectivity index (χ4n) is 1.69. The lowest BCUT2D eigenvalue weighted by Crippen LogP contribution is -2.28. The molecule has 1 amide bonds. The molecule has 0 fully saturated rings. The number of pyridine rings is 1. The molecule has 0 radical (unpaired) electrons. The van der Waals surface area contributed by atoms with Crippen molar-refractivity contribution in [3.8, 4) is 0 Å². The van der Waals surface area contributed by atoms with Gasteiger partial charge in [0.15, 0.2) is 0 Å². The summed E-state index contributed by atoms with van der Waals surface area (Å²) < 4.78 is 0. The van der Waals surface area contributed by atoms with Gasteiger partial charge in [-0.1, -0.05) is 0 Å². The number of aryl methyl sites for hydroxylation is 1. The molecule has 0 unspecified atom stereocenters. The molecule has 0 aliphatic carbocycles. The zero-order chi connectivity index (χ0) is 13.0. The van der Waals surface area contributed by atoms with Crippen molar-refractivity contribution < 1.29 is 4.79 Å². The third-order valence-corrected chi connectivity index (χ3v) is 2.88. The Morgan fingerprint density at radius 3 is 2.89 bits per heavy atom. The zero-order valence-corrected chi connectivity index (χ0v) is 10.6. The van der Waals surface area contributed by atoms with Gasteiger partial charge >= 0.3 is 0 Å². The van der Waals surface area contributed by atoms with Crippen LogP contribution in [0.1, 0.15) is 16.8 Å². The quantitative estimate of drug-likeness (QED) is 0.882. The highest BCUT2D eigenvalue weighted by Crippen LogP contribution is 2.08. The Kier molecular flexibility index (Phi) is 3.72. The van der Waals surface area contributed by atoms with E-state index in [1.165, 1.54) is 0 Å². The second kappa shape index (κ2) is 5.44. The molecule has 2 heterocycles. The predicted molar refractivity (Wildman–Crippen MR) is 67.7 cm³/mol. The zero-order valence-electron chi connectivity index (χ0n) is 10.6. The van der Waals surface area contributed by atoms with Gasteiger partial charge in [0.05, 0.1) is 6.42 Å². The Morgan fingerprint density at radius 1 is 1.39 bits per heavy atom. The third kappa shape index (κ3) is 2.94. The Balaban J connectivity index is 1.97. The van der Waals surface area contributed by atoms with Gasteiger partial charge in [-0.2, -0.15) is 5.10 Å². The SMILES string of the molecule is Cc1ccncc1CN(C)C(=O)Cc1ccn[nH]1. The van der Waals surface area contributed by atoms with E-state index in [1.807, 2.05) is 13.0 Å². The van der Waals surface area contributed by atoms with Gasteiger partial charge in [0, 0.05) is 37.9 Å². The van der Waals surface area contributed by atoms with E-state index in [2.05, 4.69) is 15.2 Å². The second-order valence-corrected chi connectivity index (χ2v) is 4.31.